The first-order valence-corrected chi connectivity index (χ1v) is 12.5. The number of aryl methyl sites for hydroxylation is 2. The molecule has 6 rings (SSSR count). The molecule has 0 aliphatic heterocycles. The Morgan fingerprint density at radius 2 is 1.44 bits per heavy atom. The summed E-state index contributed by atoms with van der Waals surface area (Å²) in [6.45, 7) is 5.40. The van der Waals surface area contributed by atoms with Gasteiger partial charge in [-0.15, -0.1) is 0 Å². The number of benzene rings is 4. The van der Waals surface area contributed by atoms with E-state index in [1.165, 1.54) is 54.8 Å². The highest BCUT2D eigenvalue weighted by molar-refractivity contribution is 9.10. The Bertz CT molecular complexity index is 1660. The molecule has 6 aromatic rings. The Morgan fingerprint density at radius 3 is 2.24 bits per heavy atom. The van der Waals surface area contributed by atoms with E-state index in [9.17, 15) is 0 Å². The molecule has 0 amide bonds. The van der Waals surface area contributed by atoms with Gasteiger partial charge in [0.2, 0.25) is 0 Å². The summed E-state index contributed by atoms with van der Waals surface area (Å²) in [6, 6.07) is 30.3. The predicted octanol–water partition coefficient (Wildman–Crippen LogP) is 8.36. The van der Waals surface area contributed by atoms with E-state index in [0.717, 1.165) is 23.1 Å². The fourth-order valence-electron chi connectivity index (χ4n) is 5.42. The van der Waals surface area contributed by atoms with Gasteiger partial charge in [0.1, 0.15) is 0 Å². The summed E-state index contributed by atoms with van der Waals surface area (Å²) in [7, 11) is 0. The Labute approximate surface area is 208 Å². The summed E-state index contributed by atoms with van der Waals surface area (Å²) in [6.07, 6.45) is 2.79. The van der Waals surface area contributed by atoms with Crippen LogP contribution in [0.25, 0.3) is 32.6 Å². The van der Waals surface area contributed by atoms with Crippen LogP contribution in [0.3, 0.4) is 0 Å². The van der Waals surface area contributed by atoms with Crippen molar-refractivity contribution in [3.8, 4) is 0 Å². The second-order valence-electron chi connectivity index (χ2n) is 9.05. The minimum absolute atomic E-state index is 0.819. The number of fused-ring (bicyclic) bond motifs is 4. The van der Waals surface area contributed by atoms with E-state index in [1.807, 2.05) is 6.20 Å². The highest BCUT2D eigenvalue weighted by Crippen LogP contribution is 2.40. The Morgan fingerprint density at radius 1 is 0.706 bits per heavy atom. The topological polar surface area (TPSA) is 17.8 Å². The fraction of sp³-hybridized carbons (Fsp3) is 0.129. The molecule has 0 bridgehead atoms. The summed E-state index contributed by atoms with van der Waals surface area (Å²) < 4.78 is 3.60. The zero-order valence-corrected chi connectivity index (χ0v) is 20.9. The van der Waals surface area contributed by atoms with Crippen molar-refractivity contribution in [1.82, 2.24) is 9.55 Å². The number of hydrogen-bond donors (Lipinski definition) is 0. The molecule has 0 unspecified atom stereocenters. The molecule has 0 aliphatic rings. The Kier molecular flexibility index (Phi) is 5.23. The molecule has 0 saturated carbocycles. The molecule has 4 aromatic carbocycles. The first kappa shape index (κ1) is 21.1. The quantitative estimate of drug-likeness (QED) is 0.235. The van der Waals surface area contributed by atoms with Crippen LogP contribution < -0.4 is 0 Å². The summed E-state index contributed by atoms with van der Waals surface area (Å²) in [4.78, 5) is 4.87. The molecule has 0 N–H and O–H groups in total. The van der Waals surface area contributed by atoms with Gasteiger partial charge >= 0.3 is 0 Å². The van der Waals surface area contributed by atoms with Crippen LogP contribution in [0.5, 0.6) is 0 Å². The number of halogens is 1. The molecule has 0 aliphatic carbocycles. The highest BCUT2D eigenvalue weighted by Gasteiger charge is 2.20. The van der Waals surface area contributed by atoms with E-state index < -0.39 is 0 Å². The summed E-state index contributed by atoms with van der Waals surface area (Å²) in [5.74, 6) is 0. The van der Waals surface area contributed by atoms with Gasteiger partial charge in [0.25, 0.3) is 0 Å². The van der Waals surface area contributed by atoms with E-state index >= 15 is 0 Å². The van der Waals surface area contributed by atoms with Gasteiger partial charge in [0, 0.05) is 45.3 Å². The molecule has 0 spiro atoms. The molecule has 34 heavy (non-hydrogen) atoms. The number of hydrogen-bond acceptors (Lipinski definition) is 1. The van der Waals surface area contributed by atoms with E-state index in [2.05, 4.69) is 119 Å². The first-order valence-electron chi connectivity index (χ1n) is 11.7. The molecule has 0 fully saturated rings. The lowest BCUT2D eigenvalue weighted by atomic mass is 9.93. The maximum atomic E-state index is 4.87. The van der Waals surface area contributed by atoms with Crippen LogP contribution in [-0.4, -0.2) is 9.55 Å². The molecule has 2 nitrogen and oxygen atoms in total. The van der Waals surface area contributed by atoms with Crippen molar-refractivity contribution in [2.45, 2.75) is 26.8 Å². The molecule has 2 heterocycles. The number of nitrogens with zero attached hydrogens (tertiary/aromatic N) is 2. The standard InChI is InChI=1S/C31H25BrN2/c1-20-25-16-17-33-27(18-22-12-14-24(32)15-13-22)29(25)21(2)30-26-10-6-7-11-28(26)34(31(20)30)19-23-8-4-3-5-9-23/h3-17H,18-19H2,1-2H3. The van der Waals surface area contributed by atoms with Crippen LogP contribution in [0.15, 0.2) is 95.6 Å². The molecular weight excluding hydrogens is 480 g/mol. The Balaban J connectivity index is 1.65. The third-order valence-corrected chi connectivity index (χ3v) is 7.51. The monoisotopic (exact) mass is 504 g/mol. The Hall–Kier alpha value is -3.43. The highest BCUT2D eigenvalue weighted by atomic mass is 79.9. The third kappa shape index (κ3) is 3.43. The lowest BCUT2D eigenvalue weighted by Crippen LogP contribution is -2.02. The second-order valence-corrected chi connectivity index (χ2v) is 9.96. The number of rotatable bonds is 4. The molecule has 0 saturated heterocycles. The largest absolute Gasteiger partial charge is 0.336 e. The number of para-hydroxylation sites is 1. The van der Waals surface area contributed by atoms with Crippen molar-refractivity contribution in [2.75, 3.05) is 0 Å². The fourth-order valence-corrected chi connectivity index (χ4v) is 5.69. The minimum atomic E-state index is 0.819. The van der Waals surface area contributed by atoms with Crippen molar-refractivity contribution in [3.05, 3.63) is 124 Å². The van der Waals surface area contributed by atoms with Crippen molar-refractivity contribution in [3.63, 3.8) is 0 Å². The lowest BCUT2D eigenvalue weighted by Gasteiger charge is -2.15. The van der Waals surface area contributed by atoms with Crippen molar-refractivity contribution >= 4 is 48.5 Å². The van der Waals surface area contributed by atoms with Gasteiger partial charge < -0.3 is 4.57 Å². The second kappa shape index (κ2) is 8.41. The van der Waals surface area contributed by atoms with Crippen LogP contribution in [-0.2, 0) is 13.0 Å². The maximum absolute atomic E-state index is 4.87. The average molecular weight is 505 g/mol. The van der Waals surface area contributed by atoms with Crippen LogP contribution in [0, 0.1) is 13.8 Å². The van der Waals surface area contributed by atoms with Gasteiger partial charge in [-0.2, -0.15) is 0 Å². The van der Waals surface area contributed by atoms with Gasteiger partial charge in [-0.1, -0.05) is 76.6 Å². The van der Waals surface area contributed by atoms with Crippen molar-refractivity contribution in [1.29, 1.82) is 0 Å². The zero-order chi connectivity index (χ0) is 23.2. The van der Waals surface area contributed by atoms with Gasteiger partial charge in [0.05, 0.1) is 11.2 Å². The molecule has 166 valence electrons. The molecule has 3 heteroatoms. The summed E-state index contributed by atoms with van der Waals surface area (Å²) in [5.41, 5.74) is 8.98. The minimum Gasteiger partial charge on any atom is -0.336 e. The lowest BCUT2D eigenvalue weighted by molar-refractivity contribution is 0.866. The normalized spacial score (nSPS) is 11.6. The van der Waals surface area contributed by atoms with E-state index in [0.29, 0.717) is 0 Å². The third-order valence-electron chi connectivity index (χ3n) is 6.98. The number of aromatic nitrogens is 2. The zero-order valence-electron chi connectivity index (χ0n) is 19.3. The van der Waals surface area contributed by atoms with Gasteiger partial charge in [-0.25, -0.2) is 0 Å². The molecule has 2 aromatic heterocycles. The molecule has 0 atom stereocenters. The predicted molar refractivity (Wildman–Crippen MR) is 147 cm³/mol. The maximum Gasteiger partial charge on any atom is 0.0533 e. The van der Waals surface area contributed by atoms with Crippen molar-refractivity contribution in [2.24, 2.45) is 0 Å². The SMILES string of the molecule is Cc1c2c(Cc3ccc(Br)cc3)nccc2c(C)c2c1c1ccccc1n2Cc1ccccc1. The van der Waals surface area contributed by atoms with Gasteiger partial charge in [0.15, 0.2) is 0 Å². The van der Waals surface area contributed by atoms with Crippen LogP contribution in [0.2, 0.25) is 0 Å². The van der Waals surface area contributed by atoms with Gasteiger partial charge in [-0.05, 0) is 65.8 Å². The summed E-state index contributed by atoms with van der Waals surface area (Å²) >= 11 is 3.55. The molecular formula is C31H25BrN2. The van der Waals surface area contributed by atoms with Crippen LogP contribution in [0.4, 0.5) is 0 Å². The van der Waals surface area contributed by atoms with Crippen LogP contribution in [0.1, 0.15) is 27.9 Å². The van der Waals surface area contributed by atoms with Gasteiger partial charge in [-0.3, -0.25) is 4.98 Å². The average Bonchev–Trinajstić information content (AvgIpc) is 3.19. The molecule has 0 radical (unpaired) electrons. The van der Waals surface area contributed by atoms with E-state index in [-0.39, 0.29) is 0 Å². The number of pyridine rings is 1. The van der Waals surface area contributed by atoms with E-state index in [1.54, 1.807) is 0 Å². The van der Waals surface area contributed by atoms with E-state index in [4.69, 9.17) is 4.98 Å². The smallest absolute Gasteiger partial charge is 0.0533 e. The summed E-state index contributed by atoms with van der Waals surface area (Å²) in [5, 5.41) is 5.25. The first-order chi connectivity index (χ1) is 16.6. The van der Waals surface area contributed by atoms with Crippen molar-refractivity contribution < 1.29 is 0 Å². The van der Waals surface area contributed by atoms with Crippen LogP contribution >= 0.6 is 15.9 Å².